The van der Waals surface area contributed by atoms with E-state index in [9.17, 15) is 4.79 Å². The third-order valence-electron chi connectivity index (χ3n) is 1.79. The molecule has 1 aliphatic carbocycles. The monoisotopic (exact) mass is 166 g/mol. The van der Waals surface area contributed by atoms with Crippen molar-refractivity contribution in [1.29, 1.82) is 0 Å². The average Bonchev–Trinajstić information content (AvgIpc) is 2.32. The average molecular weight is 166 g/mol. The summed E-state index contributed by atoms with van der Waals surface area (Å²) >= 11 is 0. The van der Waals surface area contributed by atoms with Gasteiger partial charge in [0.15, 0.2) is 0 Å². The molecule has 0 amide bonds. The molecule has 1 atom stereocenters. The van der Waals surface area contributed by atoms with Gasteiger partial charge in [0, 0.05) is 0 Å². The van der Waals surface area contributed by atoms with E-state index in [0.717, 1.165) is 12.8 Å². The highest BCUT2D eigenvalue weighted by atomic mass is 16.5. The van der Waals surface area contributed by atoms with Crippen LogP contribution in [0.5, 0.6) is 0 Å². The normalized spacial score (nSPS) is 21.9. The van der Waals surface area contributed by atoms with Gasteiger partial charge in [0.05, 0.1) is 12.5 Å². The maximum atomic E-state index is 11.2. The molecule has 0 aromatic heterocycles. The van der Waals surface area contributed by atoms with E-state index in [0.29, 0.717) is 6.61 Å². The smallest absolute Gasteiger partial charge is 0.313 e. The topological polar surface area (TPSA) is 26.3 Å². The molecule has 0 bridgehead atoms. The van der Waals surface area contributed by atoms with Crippen LogP contribution in [0.25, 0.3) is 0 Å². The van der Waals surface area contributed by atoms with Crippen LogP contribution in [0, 0.1) is 5.92 Å². The van der Waals surface area contributed by atoms with Crippen LogP contribution >= 0.6 is 0 Å². The van der Waals surface area contributed by atoms with Crippen molar-refractivity contribution in [3.63, 3.8) is 0 Å². The van der Waals surface area contributed by atoms with Crippen LogP contribution in [0.15, 0.2) is 24.3 Å². The molecule has 0 radical (unpaired) electrons. The summed E-state index contributed by atoms with van der Waals surface area (Å²) in [6.45, 7) is 2.29. The van der Waals surface area contributed by atoms with Gasteiger partial charge in [-0.3, -0.25) is 4.79 Å². The van der Waals surface area contributed by atoms with E-state index in [1.54, 1.807) is 0 Å². The molecule has 0 spiro atoms. The Hall–Kier alpha value is -1.05. The Morgan fingerprint density at radius 2 is 2.33 bits per heavy atom. The van der Waals surface area contributed by atoms with Crippen molar-refractivity contribution in [2.75, 3.05) is 6.61 Å². The van der Waals surface area contributed by atoms with Crippen molar-refractivity contribution < 1.29 is 9.53 Å². The highest BCUT2D eigenvalue weighted by Crippen LogP contribution is 2.12. The number of esters is 1. The Kier molecular flexibility index (Phi) is 3.58. The second kappa shape index (κ2) is 4.75. The number of carbonyl (C=O) groups excluding carboxylic acids is 1. The molecule has 0 saturated carbocycles. The van der Waals surface area contributed by atoms with Gasteiger partial charge in [0.1, 0.15) is 0 Å². The van der Waals surface area contributed by atoms with Gasteiger partial charge in [-0.2, -0.15) is 0 Å². The molecule has 0 N–H and O–H groups in total. The van der Waals surface area contributed by atoms with E-state index in [-0.39, 0.29) is 11.9 Å². The molecule has 0 aromatic rings. The van der Waals surface area contributed by atoms with E-state index in [1.165, 1.54) is 0 Å². The summed E-state index contributed by atoms with van der Waals surface area (Å²) in [5.74, 6) is -0.177. The third-order valence-corrected chi connectivity index (χ3v) is 1.79. The zero-order chi connectivity index (χ0) is 8.81. The highest BCUT2D eigenvalue weighted by Gasteiger charge is 2.15. The van der Waals surface area contributed by atoms with Gasteiger partial charge in [-0.05, 0) is 19.8 Å². The summed E-state index contributed by atoms with van der Waals surface area (Å²) in [6.07, 6.45) is 9.73. The van der Waals surface area contributed by atoms with Crippen LogP contribution < -0.4 is 0 Å². The fourth-order valence-electron chi connectivity index (χ4n) is 1.16. The summed E-state index contributed by atoms with van der Waals surface area (Å²) in [7, 11) is 0. The van der Waals surface area contributed by atoms with Gasteiger partial charge in [-0.15, -0.1) is 0 Å². The first-order valence-electron chi connectivity index (χ1n) is 4.33. The fraction of sp³-hybridized carbons (Fsp3) is 0.500. The SMILES string of the molecule is CCOC(=O)[C@@H]1C=CCC=CC1. The molecule has 0 aliphatic heterocycles. The maximum Gasteiger partial charge on any atom is 0.313 e. The lowest BCUT2D eigenvalue weighted by Crippen LogP contribution is -2.14. The minimum Gasteiger partial charge on any atom is -0.466 e. The quantitative estimate of drug-likeness (QED) is 0.463. The summed E-state index contributed by atoms with van der Waals surface area (Å²) in [5.41, 5.74) is 0. The molecular formula is C10H14O2. The summed E-state index contributed by atoms with van der Waals surface area (Å²) in [6, 6.07) is 0. The predicted octanol–water partition coefficient (Wildman–Crippen LogP) is 2.07. The molecule has 0 heterocycles. The first kappa shape index (κ1) is 9.04. The second-order valence-electron chi connectivity index (χ2n) is 2.73. The van der Waals surface area contributed by atoms with Crippen LogP contribution in [0.1, 0.15) is 19.8 Å². The van der Waals surface area contributed by atoms with E-state index < -0.39 is 0 Å². The van der Waals surface area contributed by atoms with Crippen LogP contribution in [-0.4, -0.2) is 12.6 Å². The summed E-state index contributed by atoms with van der Waals surface area (Å²) in [5, 5.41) is 0. The summed E-state index contributed by atoms with van der Waals surface area (Å²) < 4.78 is 4.91. The van der Waals surface area contributed by atoms with Crippen LogP contribution in [0.4, 0.5) is 0 Å². The predicted molar refractivity (Wildman–Crippen MR) is 47.6 cm³/mol. The first-order valence-corrected chi connectivity index (χ1v) is 4.33. The van der Waals surface area contributed by atoms with Crippen LogP contribution in [-0.2, 0) is 9.53 Å². The van der Waals surface area contributed by atoms with Crippen LogP contribution in [0.3, 0.4) is 0 Å². The molecular weight excluding hydrogens is 152 g/mol. The van der Waals surface area contributed by atoms with E-state index in [1.807, 2.05) is 25.2 Å². The molecule has 12 heavy (non-hydrogen) atoms. The number of allylic oxidation sites excluding steroid dienone is 3. The van der Waals surface area contributed by atoms with E-state index in [4.69, 9.17) is 4.74 Å². The Labute approximate surface area is 72.9 Å². The first-order chi connectivity index (χ1) is 5.84. The van der Waals surface area contributed by atoms with Crippen molar-refractivity contribution in [3.8, 4) is 0 Å². The lowest BCUT2D eigenvalue weighted by molar-refractivity contribution is -0.146. The molecule has 1 rings (SSSR count). The highest BCUT2D eigenvalue weighted by molar-refractivity contribution is 5.74. The maximum absolute atomic E-state index is 11.2. The Bertz CT molecular complexity index is 204. The summed E-state index contributed by atoms with van der Waals surface area (Å²) in [4.78, 5) is 11.2. The van der Waals surface area contributed by atoms with Crippen molar-refractivity contribution in [1.82, 2.24) is 0 Å². The zero-order valence-corrected chi connectivity index (χ0v) is 7.32. The third kappa shape index (κ3) is 2.53. The standard InChI is InChI=1S/C10H14O2/c1-2-12-10(11)9-7-5-3-4-6-8-9/h3,5-6,8-9H,2,4,7H2,1H3/t9-/m0/s1. The van der Waals surface area contributed by atoms with Gasteiger partial charge in [-0.25, -0.2) is 0 Å². The van der Waals surface area contributed by atoms with Gasteiger partial charge >= 0.3 is 5.97 Å². The Morgan fingerprint density at radius 3 is 3.08 bits per heavy atom. The van der Waals surface area contributed by atoms with Gasteiger partial charge < -0.3 is 4.74 Å². The fourth-order valence-corrected chi connectivity index (χ4v) is 1.16. The number of rotatable bonds is 2. The largest absolute Gasteiger partial charge is 0.466 e. The molecule has 0 fully saturated rings. The Balaban J connectivity index is 2.49. The lowest BCUT2D eigenvalue weighted by Gasteiger charge is -2.07. The van der Waals surface area contributed by atoms with Crippen molar-refractivity contribution >= 4 is 5.97 Å². The Morgan fingerprint density at radius 1 is 1.50 bits per heavy atom. The number of carbonyl (C=O) groups is 1. The number of ether oxygens (including phenoxy) is 1. The van der Waals surface area contributed by atoms with E-state index >= 15 is 0 Å². The van der Waals surface area contributed by atoms with E-state index in [2.05, 4.69) is 6.08 Å². The van der Waals surface area contributed by atoms with Gasteiger partial charge in [-0.1, -0.05) is 24.3 Å². The number of hydrogen-bond donors (Lipinski definition) is 0. The minimum absolute atomic E-state index is 0.0660. The van der Waals surface area contributed by atoms with Crippen molar-refractivity contribution in [2.24, 2.45) is 5.92 Å². The molecule has 2 nitrogen and oxygen atoms in total. The lowest BCUT2D eigenvalue weighted by atomic mass is 10.1. The number of hydrogen-bond acceptors (Lipinski definition) is 2. The molecule has 2 heteroatoms. The second-order valence-corrected chi connectivity index (χ2v) is 2.73. The molecule has 0 unspecified atom stereocenters. The molecule has 66 valence electrons. The zero-order valence-electron chi connectivity index (χ0n) is 7.32. The van der Waals surface area contributed by atoms with Crippen molar-refractivity contribution in [3.05, 3.63) is 24.3 Å². The van der Waals surface area contributed by atoms with Gasteiger partial charge in [0.25, 0.3) is 0 Å². The van der Waals surface area contributed by atoms with Crippen LogP contribution in [0.2, 0.25) is 0 Å². The van der Waals surface area contributed by atoms with Crippen molar-refractivity contribution in [2.45, 2.75) is 19.8 Å². The minimum atomic E-state index is -0.111. The molecule has 0 saturated heterocycles. The van der Waals surface area contributed by atoms with Gasteiger partial charge in [0.2, 0.25) is 0 Å². The molecule has 0 aromatic carbocycles. The molecule has 1 aliphatic rings.